The van der Waals surface area contributed by atoms with Gasteiger partial charge in [-0.2, -0.15) is 0 Å². The number of thiophene rings is 2. The van der Waals surface area contributed by atoms with Crippen molar-refractivity contribution in [1.29, 1.82) is 0 Å². The molecule has 0 atom stereocenters. The molecule has 4 heteroatoms. The maximum Gasteiger partial charge on any atom is 0.101 e. The highest BCUT2D eigenvalue weighted by molar-refractivity contribution is 7.26. The molecule has 0 saturated heterocycles. The lowest BCUT2D eigenvalue weighted by Crippen LogP contribution is -2.09. The average molecular weight is 701 g/mol. The molecule has 0 unspecified atom stereocenters. The van der Waals surface area contributed by atoms with Crippen molar-refractivity contribution in [2.75, 3.05) is 9.80 Å². The van der Waals surface area contributed by atoms with Crippen LogP contribution in [0.4, 0.5) is 32.8 Å². The molecule has 0 amide bonds. The van der Waals surface area contributed by atoms with Crippen LogP contribution in [0.25, 0.3) is 52.8 Å². The largest absolute Gasteiger partial charge is 0.301 e. The highest BCUT2D eigenvalue weighted by Gasteiger charge is 2.22. The second-order valence-corrected chi connectivity index (χ2v) is 15.1. The first kappa shape index (κ1) is 30.6. The molecule has 2 heterocycles. The Labute approximate surface area is 310 Å². The lowest BCUT2D eigenvalue weighted by atomic mass is 10.0. The summed E-state index contributed by atoms with van der Waals surface area (Å²) >= 11 is 3.68. The number of anilines is 6. The lowest BCUT2D eigenvalue weighted by Gasteiger charge is -2.26. The average Bonchev–Trinajstić information content (AvgIpc) is 3.90. The Balaban J connectivity index is 1.13. The van der Waals surface area contributed by atoms with Gasteiger partial charge in [-0.1, -0.05) is 146 Å². The fraction of sp³-hybridized carbons (Fsp3) is 0. The molecule has 0 saturated carbocycles. The van der Waals surface area contributed by atoms with Gasteiger partial charge in [0.25, 0.3) is 0 Å². The fourth-order valence-corrected chi connectivity index (χ4v) is 9.67. The van der Waals surface area contributed by atoms with Crippen LogP contribution in [0.2, 0.25) is 0 Å². The zero-order chi connectivity index (χ0) is 34.4. The Hall–Kier alpha value is -6.20. The van der Waals surface area contributed by atoms with Crippen LogP contribution in [0.1, 0.15) is 0 Å². The van der Waals surface area contributed by atoms with Gasteiger partial charge in [-0.15, -0.1) is 22.7 Å². The standard InChI is InChI=1S/C48H32N2S2/c1-5-21-37-33(13-1)17-9-25-41(37)49(42-26-10-18-34-14-2-6-22-38(34)42)47-31-29-45(51-47)46-30-32-48(52-46)50(43-27-11-19-35-15-3-7-23-39(35)43)44-28-12-20-36-16-4-8-24-40(36)44/h1-32H. The van der Waals surface area contributed by atoms with Crippen LogP contribution in [-0.2, 0) is 0 Å². The van der Waals surface area contributed by atoms with E-state index in [4.69, 9.17) is 0 Å². The van der Waals surface area contributed by atoms with E-state index in [0.29, 0.717) is 0 Å². The van der Waals surface area contributed by atoms with E-state index < -0.39 is 0 Å². The molecule has 10 rings (SSSR count). The highest BCUT2D eigenvalue weighted by Crippen LogP contribution is 2.50. The predicted octanol–water partition coefficient (Wildman–Crippen LogP) is 15.0. The molecule has 2 nitrogen and oxygen atoms in total. The minimum atomic E-state index is 1.17. The maximum atomic E-state index is 2.45. The third-order valence-corrected chi connectivity index (χ3v) is 12.2. The molecule has 0 radical (unpaired) electrons. The van der Waals surface area contributed by atoms with E-state index in [1.54, 1.807) is 0 Å². The minimum Gasteiger partial charge on any atom is -0.301 e. The van der Waals surface area contributed by atoms with Crippen LogP contribution < -0.4 is 9.80 Å². The Morgan fingerprint density at radius 2 is 0.519 bits per heavy atom. The van der Waals surface area contributed by atoms with Crippen molar-refractivity contribution in [2.24, 2.45) is 0 Å². The number of fused-ring (bicyclic) bond motifs is 4. The van der Waals surface area contributed by atoms with Gasteiger partial charge in [0.05, 0.1) is 22.7 Å². The monoisotopic (exact) mass is 700 g/mol. The van der Waals surface area contributed by atoms with Crippen molar-refractivity contribution < 1.29 is 0 Å². The number of hydrogen-bond acceptors (Lipinski definition) is 4. The quantitative estimate of drug-likeness (QED) is 0.163. The van der Waals surface area contributed by atoms with E-state index in [-0.39, 0.29) is 0 Å². The number of rotatable bonds is 7. The summed E-state index contributed by atoms with van der Waals surface area (Å²) in [5.74, 6) is 0. The second kappa shape index (κ2) is 12.8. The molecule has 0 N–H and O–H groups in total. The van der Waals surface area contributed by atoms with Gasteiger partial charge in [0.15, 0.2) is 0 Å². The molecule has 0 aliphatic rings. The summed E-state index contributed by atoms with van der Waals surface area (Å²) in [4.78, 5) is 7.39. The first-order chi connectivity index (χ1) is 25.8. The molecule has 10 aromatic rings. The van der Waals surface area contributed by atoms with Crippen molar-refractivity contribution in [3.63, 3.8) is 0 Å². The van der Waals surface area contributed by atoms with Gasteiger partial charge in [-0.3, -0.25) is 0 Å². The van der Waals surface area contributed by atoms with Crippen LogP contribution in [0.3, 0.4) is 0 Å². The molecule has 0 spiro atoms. The summed E-state index contributed by atoms with van der Waals surface area (Å²) in [6.45, 7) is 0. The van der Waals surface area contributed by atoms with E-state index in [0.717, 1.165) is 0 Å². The van der Waals surface area contributed by atoms with Gasteiger partial charge >= 0.3 is 0 Å². The molecule has 2 aromatic heterocycles. The Kier molecular flexibility index (Phi) is 7.56. The van der Waals surface area contributed by atoms with Crippen molar-refractivity contribution in [3.05, 3.63) is 194 Å². The van der Waals surface area contributed by atoms with Crippen molar-refractivity contribution in [1.82, 2.24) is 0 Å². The third-order valence-electron chi connectivity index (χ3n) is 9.90. The van der Waals surface area contributed by atoms with Crippen molar-refractivity contribution in [3.8, 4) is 9.75 Å². The number of hydrogen-bond donors (Lipinski definition) is 0. The first-order valence-electron chi connectivity index (χ1n) is 17.5. The van der Waals surface area contributed by atoms with E-state index in [1.807, 2.05) is 22.7 Å². The highest BCUT2D eigenvalue weighted by atomic mass is 32.1. The number of benzene rings is 8. The first-order valence-corrected chi connectivity index (χ1v) is 19.1. The summed E-state index contributed by atoms with van der Waals surface area (Å²) < 4.78 is 0. The molecular weight excluding hydrogens is 669 g/mol. The normalized spacial score (nSPS) is 11.5. The second-order valence-electron chi connectivity index (χ2n) is 12.9. The molecule has 0 fully saturated rings. The van der Waals surface area contributed by atoms with E-state index in [2.05, 4.69) is 204 Å². The van der Waals surface area contributed by atoms with Gasteiger partial charge < -0.3 is 9.80 Å². The summed E-state index contributed by atoms with van der Waals surface area (Å²) in [7, 11) is 0. The van der Waals surface area contributed by atoms with Crippen LogP contribution in [0, 0.1) is 0 Å². The molecule has 52 heavy (non-hydrogen) atoms. The van der Waals surface area contributed by atoms with Gasteiger partial charge in [0, 0.05) is 31.3 Å². The van der Waals surface area contributed by atoms with Gasteiger partial charge in [0.1, 0.15) is 10.0 Å². The van der Waals surface area contributed by atoms with Crippen LogP contribution >= 0.6 is 22.7 Å². The van der Waals surface area contributed by atoms with Crippen LogP contribution in [0.15, 0.2) is 194 Å². The summed E-state index contributed by atoms with van der Waals surface area (Å²) in [5, 5.41) is 12.2. The SMILES string of the molecule is c1ccc2c(N(c3ccc(-c4ccc(N(c5cccc6ccccc56)c5cccc6ccccc56)s4)s3)c3cccc4ccccc34)cccc2c1. The maximum absolute atomic E-state index is 2.45. The molecular formula is C48H32N2S2. The van der Waals surface area contributed by atoms with Crippen LogP contribution in [0.5, 0.6) is 0 Å². The Bertz CT molecular complexity index is 2520. The van der Waals surface area contributed by atoms with Gasteiger partial charge in [-0.25, -0.2) is 0 Å². The summed E-state index contributed by atoms with van der Waals surface area (Å²) in [5.41, 5.74) is 4.70. The molecule has 0 bridgehead atoms. The van der Waals surface area contributed by atoms with E-state index in [9.17, 15) is 0 Å². The lowest BCUT2D eigenvalue weighted by molar-refractivity contribution is 1.35. The smallest absolute Gasteiger partial charge is 0.101 e. The van der Waals surface area contributed by atoms with Crippen molar-refractivity contribution >= 4 is 98.5 Å². The third kappa shape index (κ3) is 5.24. The zero-order valence-corrected chi connectivity index (χ0v) is 29.8. The predicted molar refractivity (Wildman–Crippen MR) is 227 cm³/mol. The van der Waals surface area contributed by atoms with E-state index in [1.165, 1.54) is 85.6 Å². The fourth-order valence-electron chi connectivity index (χ4n) is 7.51. The topological polar surface area (TPSA) is 6.48 Å². The van der Waals surface area contributed by atoms with Crippen LogP contribution in [-0.4, -0.2) is 0 Å². The molecule has 0 aliphatic carbocycles. The molecule has 246 valence electrons. The molecule has 0 aliphatic heterocycles. The van der Waals surface area contributed by atoms with Gasteiger partial charge in [-0.05, 0) is 70.1 Å². The number of nitrogens with zero attached hydrogens (tertiary/aromatic N) is 2. The van der Waals surface area contributed by atoms with Gasteiger partial charge in [0.2, 0.25) is 0 Å². The summed E-state index contributed by atoms with van der Waals surface area (Å²) in [6.07, 6.45) is 0. The zero-order valence-electron chi connectivity index (χ0n) is 28.2. The summed E-state index contributed by atoms with van der Waals surface area (Å²) in [6, 6.07) is 70.4. The minimum absolute atomic E-state index is 1.17. The van der Waals surface area contributed by atoms with E-state index >= 15 is 0 Å². The molecule has 8 aromatic carbocycles. The Morgan fingerprint density at radius 3 is 0.827 bits per heavy atom. The van der Waals surface area contributed by atoms with Crippen molar-refractivity contribution in [2.45, 2.75) is 0 Å². The Morgan fingerprint density at radius 1 is 0.250 bits per heavy atom.